The number of allylic oxidation sites excluding steroid dienone is 2. The number of benzene rings is 2. The van der Waals surface area contributed by atoms with Crippen LogP contribution in [0.1, 0.15) is 59.5 Å². The van der Waals surface area contributed by atoms with Crippen molar-refractivity contribution in [3.63, 3.8) is 0 Å². The number of nitrogens with zero attached hydrogens (tertiary/aromatic N) is 2. The van der Waals surface area contributed by atoms with E-state index >= 15 is 0 Å². The molecular weight excluding hydrogens is 729 g/mol. The number of nitrogens with one attached hydrogen (secondary N) is 2. The van der Waals surface area contributed by atoms with E-state index in [0.717, 1.165) is 22.2 Å². The van der Waals surface area contributed by atoms with Crippen LogP contribution in [0.15, 0.2) is 46.7 Å². The predicted octanol–water partition coefficient (Wildman–Crippen LogP) is 3.00. The van der Waals surface area contributed by atoms with E-state index in [1.165, 1.54) is 25.8 Å². The number of likely N-dealkylation sites (N-methyl/N-ethyl adjacent to an activating group) is 1. The molecule has 2 saturated heterocycles. The highest BCUT2D eigenvalue weighted by Crippen LogP contribution is 2.62. The van der Waals surface area contributed by atoms with Gasteiger partial charge in [0.05, 0.1) is 36.2 Å². The van der Waals surface area contributed by atoms with Crippen molar-refractivity contribution < 1.29 is 48.0 Å². The molecule has 0 unspecified atom stereocenters. The third-order valence-electron chi connectivity index (χ3n) is 12.8. The first-order chi connectivity index (χ1) is 26.5. The van der Waals surface area contributed by atoms with Gasteiger partial charge in [-0.05, 0) is 45.4 Å². The molecule has 286 valence electrons. The number of aromatic amines is 1. The van der Waals surface area contributed by atoms with Gasteiger partial charge in [-0.3, -0.25) is 29.5 Å². The fourth-order valence-corrected chi connectivity index (χ4v) is 12.1. The van der Waals surface area contributed by atoms with Gasteiger partial charge in [0.1, 0.15) is 18.6 Å². The maximum atomic E-state index is 14.8. The molecular formula is C40H40N4O10S. The van der Waals surface area contributed by atoms with Gasteiger partial charge in [-0.25, -0.2) is 4.79 Å². The fraction of sp³-hybridized carbons (Fsp3) is 0.450. The number of H-pyrrole nitrogens is 1. The summed E-state index contributed by atoms with van der Waals surface area (Å²) in [7, 11) is 3.26. The van der Waals surface area contributed by atoms with Crippen molar-refractivity contribution in [1.29, 1.82) is 0 Å². The van der Waals surface area contributed by atoms with Gasteiger partial charge in [0, 0.05) is 69.6 Å². The molecule has 0 radical (unpaired) electrons. The Bertz CT molecular complexity index is 2350. The molecule has 3 N–H and O–H groups in total. The van der Waals surface area contributed by atoms with E-state index in [0.29, 0.717) is 58.1 Å². The van der Waals surface area contributed by atoms with Crippen LogP contribution < -0.4 is 19.5 Å². The second-order valence-electron chi connectivity index (χ2n) is 15.3. The van der Waals surface area contributed by atoms with Crippen LogP contribution in [0.4, 0.5) is 0 Å². The molecule has 1 aromatic heterocycles. The van der Waals surface area contributed by atoms with Crippen molar-refractivity contribution in [2.75, 3.05) is 39.9 Å². The number of fused-ring (bicyclic) bond motifs is 10. The van der Waals surface area contributed by atoms with Crippen LogP contribution in [0.2, 0.25) is 0 Å². The Morgan fingerprint density at radius 1 is 1.07 bits per heavy atom. The first-order valence-electron chi connectivity index (χ1n) is 18.5. The molecule has 0 amide bonds. The normalized spacial score (nSPS) is 31.3. The van der Waals surface area contributed by atoms with Gasteiger partial charge in [0.25, 0.3) is 0 Å². The standard InChI is InChI=1S/C40H40N4O10S/c1-16-30(46)21-12-23-38(48)44-24-13-51-39(49)40(37-20(10-11-41-40)19-8-6-7-9-22(19)42-37)14-55-36(29(44)28(43(23)4)25(21)31(47)33(16)50-5)27-26(24)35-34(52-15-53-35)17(2)32(27)54-18(3)45/h6-9,23-24,28-29,36,38,41-42,48H,10-15H2,1-5H3/t23-,24+,28-,29-,36-,38+,40-/m1/s1. The first-order valence-corrected chi connectivity index (χ1v) is 19.6. The van der Waals surface area contributed by atoms with Crippen molar-refractivity contribution in [2.24, 2.45) is 0 Å². The quantitative estimate of drug-likeness (QED) is 0.198. The number of esters is 2. The smallest absolute Gasteiger partial charge is 0.333 e. The van der Waals surface area contributed by atoms with Crippen LogP contribution in [0, 0.1) is 6.92 Å². The molecule has 1 spiro atoms. The lowest BCUT2D eigenvalue weighted by molar-refractivity contribution is -0.181. The van der Waals surface area contributed by atoms with Crippen LogP contribution in [0.3, 0.4) is 0 Å². The topological polar surface area (TPSA) is 169 Å². The molecule has 8 heterocycles. The number of methoxy groups -OCH3 is 1. The number of aliphatic hydroxyl groups excluding tert-OH is 1. The number of aromatic nitrogens is 1. The van der Waals surface area contributed by atoms with Crippen molar-refractivity contribution in [3.8, 4) is 17.2 Å². The molecule has 55 heavy (non-hydrogen) atoms. The SMILES string of the molecule is COC1=C(C)C(=O)C2=C(C1=O)[C@@H]1[C@@H]3[C@@H]4SC[C@]5(NCCc6c5[nH]c5ccccc65)C(=O)OC[C@@H](c5c6c(c(C)c(OC(C)=O)c54)OCO6)N3[C@@H](O)[C@@H](C2)N1C. The zero-order valence-electron chi connectivity index (χ0n) is 30.9. The van der Waals surface area contributed by atoms with Gasteiger partial charge in [-0.1, -0.05) is 18.2 Å². The maximum absolute atomic E-state index is 14.8. The Kier molecular flexibility index (Phi) is 7.69. The van der Waals surface area contributed by atoms with Crippen molar-refractivity contribution >= 4 is 46.2 Å². The summed E-state index contributed by atoms with van der Waals surface area (Å²) in [4.78, 5) is 63.7. The van der Waals surface area contributed by atoms with Gasteiger partial charge in [-0.15, -0.1) is 11.8 Å². The molecule has 7 aliphatic heterocycles. The Morgan fingerprint density at radius 3 is 2.64 bits per heavy atom. The van der Waals surface area contributed by atoms with Gasteiger partial charge >= 0.3 is 11.9 Å². The van der Waals surface area contributed by atoms with Crippen molar-refractivity contribution in [3.05, 3.63) is 74.7 Å². The number of hydrogen-bond donors (Lipinski definition) is 3. The average Bonchev–Trinajstić information content (AvgIpc) is 3.82. The number of para-hydroxylation sites is 1. The Morgan fingerprint density at radius 2 is 1.85 bits per heavy atom. The van der Waals surface area contributed by atoms with Gasteiger partial charge in [-0.2, -0.15) is 0 Å². The predicted molar refractivity (Wildman–Crippen MR) is 198 cm³/mol. The molecule has 4 bridgehead atoms. The zero-order chi connectivity index (χ0) is 38.2. The van der Waals surface area contributed by atoms with E-state index in [1.807, 2.05) is 48.0 Å². The van der Waals surface area contributed by atoms with E-state index in [-0.39, 0.29) is 48.5 Å². The first kappa shape index (κ1) is 34.8. The summed E-state index contributed by atoms with van der Waals surface area (Å²) in [6.07, 6.45) is -0.343. The number of thioether (sulfide) groups is 1. The second-order valence-corrected chi connectivity index (χ2v) is 16.5. The molecule has 7 atom stereocenters. The van der Waals surface area contributed by atoms with Crippen LogP contribution in [-0.4, -0.2) is 108 Å². The molecule has 15 heteroatoms. The fourth-order valence-electron chi connectivity index (χ4n) is 10.4. The molecule has 3 aromatic rings. The number of carbonyl (C=O) groups is 4. The van der Waals surface area contributed by atoms with Crippen LogP contribution in [0.25, 0.3) is 10.9 Å². The molecule has 2 aromatic carbocycles. The third kappa shape index (κ3) is 4.52. The zero-order valence-corrected chi connectivity index (χ0v) is 31.8. The molecule has 0 saturated carbocycles. The lowest BCUT2D eigenvalue weighted by atomic mass is 9.70. The molecule has 8 aliphatic rings. The number of ether oxygens (including phenoxy) is 5. The minimum atomic E-state index is -1.30. The molecule has 14 nitrogen and oxygen atoms in total. The van der Waals surface area contributed by atoms with Crippen molar-refractivity contribution in [2.45, 2.75) is 74.8 Å². The number of hydrogen-bond acceptors (Lipinski definition) is 14. The Labute approximate surface area is 320 Å². The van der Waals surface area contributed by atoms with E-state index in [9.17, 15) is 24.3 Å². The average molecular weight is 769 g/mol. The number of piperazine rings is 1. The highest BCUT2D eigenvalue weighted by atomic mass is 32.2. The Balaban J connectivity index is 1.23. The second kappa shape index (κ2) is 12.2. The summed E-state index contributed by atoms with van der Waals surface area (Å²) in [6.45, 7) is 4.97. The maximum Gasteiger partial charge on any atom is 0.333 e. The van der Waals surface area contributed by atoms with Gasteiger partial charge in [0.2, 0.25) is 12.6 Å². The van der Waals surface area contributed by atoms with Crippen LogP contribution in [0.5, 0.6) is 17.2 Å². The number of carbonyl (C=O) groups excluding carboxylic acids is 4. The molecule has 2 fully saturated rings. The minimum absolute atomic E-state index is 0.00297. The van der Waals surface area contributed by atoms with E-state index in [1.54, 1.807) is 6.92 Å². The van der Waals surface area contributed by atoms with E-state index in [2.05, 4.69) is 10.3 Å². The van der Waals surface area contributed by atoms with Crippen LogP contribution in [-0.2, 0) is 40.6 Å². The van der Waals surface area contributed by atoms with E-state index in [4.69, 9.17) is 23.7 Å². The van der Waals surface area contributed by atoms with Gasteiger partial charge in [0.15, 0.2) is 28.6 Å². The number of ketones is 2. The number of aliphatic hydroxyl groups is 1. The summed E-state index contributed by atoms with van der Waals surface area (Å²) in [5.74, 6) is -0.372. The lowest BCUT2D eigenvalue weighted by Crippen LogP contribution is -2.73. The summed E-state index contributed by atoms with van der Waals surface area (Å²) < 4.78 is 30.3. The number of rotatable bonds is 2. The van der Waals surface area contributed by atoms with E-state index < -0.39 is 53.1 Å². The summed E-state index contributed by atoms with van der Waals surface area (Å²) in [5, 5.41) is 16.5. The molecule has 1 aliphatic carbocycles. The Hall–Kier alpha value is -4.67. The van der Waals surface area contributed by atoms with Gasteiger partial charge < -0.3 is 33.8 Å². The summed E-state index contributed by atoms with van der Waals surface area (Å²) in [6, 6.07) is 5.12. The largest absolute Gasteiger partial charge is 0.492 e. The van der Waals surface area contributed by atoms with Crippen LogP contribution >= 0.6 is 11.8 Å². The van der Waals surface area contributed by atoms with Crippen molar-refractivity contribution in [1.82, 2.24) is 20.1 Å². The lowest BCUT2D eigenvalue weighted by Gasteiger charge is -2.62. The molecule has 11 rings (SSSR count). The third-order valence-corrected chi connectivity index (χ3v) is 14.2. The highest BCUT2D eigenvalue weighted by molar-refractivity contribution is 7.99. The number of Topliss-reactive ketones (excluding diaryl/α,β-unsaturated/α-hetero) is 2. The minimum Gasteiger partial charge on any atom is -0.492 e. The monoisotopic (exact) mass is 768 g/mol. The summed E-state index contributed by atoms with van der Waals surface area (Å²) in [5.41, 5.74) is 4.09. The highest BCUT2D eigenvalue weighted by Gasteiger charge is 2.63. The summed E-state index contributed by atoms with van der Waals surface area (Å²) >= 11 is 1.45.